The van der Waals surface area contributed by atoms with Gasteiger partial charge in [0.05, 0.1) is 6.04 Å². The third-order valence-electron chi connectivity index (χ3n) is 12.0. The molecule has 0 aromatic heterocycles. The van der Waals surface area contributed by atoms with Crippen molar-refractivity contribution in [2.75, 3.05) is 0 Å². The molecule has 3 rings (SSSR count). The Hall–Kier alpha value is -1.79. The zero-order chi connectivity index (χ0) is 30.6. The van der Waals surface area contributed by atoms with Crippen LogP contribution >= 0.6 is 0 Å². The van der Waals surface area contributed by atoms with E-state index < -0.39 is 29.1 Å². The molecule has 3 saturated carbocycles. The molecule has 0 radical (unpaired) electrons. The fourth-order valence-electron chi connectivity index (χ4n) is 8.47. The second kappa shape index (κ2) is 13.7. The molecule has 0 spiro atoms. The maximum Gasteiger partial charge on any atom is 0.285 e. The number of fused-ring (bicyclic) bond motifs is 1. The summed E-state index contributed by atoms with van der Waals surface area (Å²) in [4.78, 5) is 39.4. The van der Waals surface area contributed by atoms with E-state index in [0.29, 0.717) is 24.7 Å². The van der Waals surface area contributed by atoms with Gasteiger partial charge in [-0.2, -0.15) is 0 Å². The summed E-state index contributed by atoms with van der Waals surface area (Å²) in [5, 5.41) is 0. The van der Waals surface area contributed by atoms with Crippen LogP contribution in [0.15, 0.2) is 24.8 Å². The van der Waals surface area contributed by atoms with E-state index in [1.54, 1.807) is 0 Å². The van der Waals surface area contributed by atoms with E-state index in [4.69, 9.17) is 5.73 Å². The number of ketones is 2. The Morgan fingerprint density at radius 2 is 1.76 bits per heavy atom. The SMILES string of the molecule is C=CC(C)(CC)[C@H](NNC1(CC)CCCCC1)C(=O)C1C[C@H]2[C@@H]([C@H]1C(=C)C[C@@H](CCCC)C(=O)C(N)=O)C2(C)CC. The van der Waals surface area contributed by atoms with Gasteiger partial charge in [-0.05, 0) is 68.1 Å². The van der Waals surface area contributed by atoms with Gasteiger partial charge >= 0.3 is 0 Å². The third kappa shape index (κ3) is 6.74. The van der Waals surface area contributed by atoms with Crippen molar-refractivity contribution in [1.29, 1.82) is 0 Å². The summed E-state index contributed by atoms with van der Waals surface area (Å²) < 4.78 is 0. The molecule has 3 aliphatic carbocycles. The summed E-state index contributed by atoms with van der Waals surface area (Å²) in [6, 6.07) is -0.413. The van der Waals surface area contributed by atoms with Crippen LogP contribution < -0.4 is 16.6 Å². The zero-order valence-corrected chi connectivity index (χ0v) is 27.0. The van der Waals surface area contributed by atoms with Crippen LogP contribution in [0, 0.1) is 40.4 Å². The Bertz CT molecular complexity index is 985. The van der Waals surface area contributed by atoms with Crippen LogP contribution in [0.2, 0.25) is 0 Å². The van der Waals surface area contributed by atoms with Gasteiger partial charge in [-0.3, -0.25) is 19.8 Å². The van der Waals surface area contributed by atoms with Gasteiger partial charge in [0.15, 0.2) is 5.78 Å². The van der Waals surface area contributed by atoms with Crippen LogP contribution in [0.5, 0.6) is 0 Å². The Labute approximate surface area is 250 Å². The first-order valence-corrected chi connectivity index (χ1v) is 16.6. The Balaban J connectivity index is 1.91. The zero-order valence-electron chi connectivity index (χ0n) is 27.0. The van der Waals surface area contributed by atoms with Crippen LogP contribution in [0.3, 0.4) is 0 Å². The van der Waals surface area contributed by atoms with Crippen LogP contribution in [0.1, 0.15) is 125 Å². The predicted molar refractivity (Wildman–Crippen MR) is 168 cm³/mol. The number of unbranched alkanes of at least 4 members (excludes halogenated alkanes) is 1. The molecule has 3 aliphatic rings. The highest BCUT2D eigenvalue weighted by Crippen LogP contribution is 2.74. The number of nitrogens with one attached hydrogen (secondary N) is 2. The Morgan fingerprint density at radius 3 is 2.27 bits per heavy atom. The van der Waals surface area contributed by atoms with E-state index >= 15 is 0 Å². The van der Waals surface area contributed by atoms with Gasteiger partial charge in [0.1, 0.15) is 0 Å². The summed E-state index contributed by atoms with van der Waals surface area (Å²) in [6.07, 6.45) is 14.5. The fraction of sp³-hybridized carbons (Fsp3) is 0.800. The number of nitrogens with two attached hydrogens (primary N) is 1. The van der Waals surface area contributed by atoms with Crippen LogP contribution in [-0.2, 0) is 14.4 Å². The monoisotopic (exact) mass is 569 g/mol. The van der Waals surface area contributed by atoms with Crippen LogP contribution in [-0.4, -0.2) is 29.1 Å². The second-order valence-corrected chi connectivity index (χ2v) is 14.2. The summed E-state index contributed by atoms with van der Waals surface area (Å²) in [5.41, 5.74) is 13.5. The third-order valence-corrected chi connectivity index (χ3v) is 12.0. The van der Waals surface area contributed by atoms with E-state index in [-0.39, 0.29) is 28.6 Å². The number of primary amides is 1. The number of rotatable bonds is 18. The lowest BCUT2D eigenvalue weighted by Crippen LogP contribution is -2.62. The predicted octanol–water partition coefficient (Wildman–Crippen LogP) is 6.84. The maximum absolute atomic E-state index is 14.7. The van der Waals surface area contributed by atoms with E-state index in [1.807, 2.05) is 6.08 Å². The molecule has 6 nitrogen and oxygen atoms in total. The lowest BCUT2D eigenvalue weighted by Gasteiger charge is -2.43. The van der Waals surface area contributed by atoms with Gasteiger partial charge in [0, 0.05) is 22.8 Å². The van der Waals surface area contributed by atoms with Gasteiger partial charge in [0.2, 0.25) is 5.78 Å². The molecule has 6 heteroatoms. The Kier molecular flexibility index (Phi) is 11.2. The van der Waals surface area contributed by atoms with Crippen molar-refractivity contribution in [2.45, 2.75) is 137 Å². The van der Waals surface area contributed by atoms with Crippen LogP contribution in [0.25, 0.3) is 0 Å². The lowest BCUT2D eigenvalue weighted by atomic mass is 9.69. The van der Waals surface area contributed by atoms with Crippen molar-refractivity contribution in [3.05, 3.63) is 24.8 Å². The molecule has 3 fully saturated rings. The van der Waals surface area contributed by atoms with E-state index in [9.17, 15) is 14.4 Å². The number of allylic oxidation sites excluding steroid dienone is 1. The summed E-state index contributed by atoms with van der Waals surface area (Å²) in [7, 11) is 0. The van der Waals surface area contributed by atoms with Gasteiger partial charge in [-0.25, -0.2) is 5.43 Å². The first kappa shape index (κ1) is 33.7. The molecular weight excluding hydrogens is 510 g/mol. The average Bonchev–Trinajstić information content (AvgIpc) is 3.32. The number of carbonyl (C=O) groups excluding carboxylic acids is 3. The molecule has 41 heavy (non-hydrogen) atoms. The van der Waals surface area contributed by atoms with Crippen molar-refractivity contribution < 1.29 is 14.4 Å². The first-order chi connectivity index (χ1) is 19.4. The molecule has 8 atom stereocenters. The van der Waals surface area contributed by atoms with E-state index in [2.05, 4.69) is 65.6 Å². The molecule has 1 amide bonds. The quantitative estimate of drug-likeness (QED) is 0.0953. The molecule has 0 aromatic rings. The maximum atomic E-state index is 14.7. The van der Waals surface area contributed by atoms with Crippen molar-refractivity contribution in [2.24, 2.45) is 46.2 Å². The molecule has 232 valence electrons. The number of carbonyl (C=O) groups is 3. The highest BCUT2D eigenvalue weighted by Gasteiger charge is 2.70. The topological polar surface area (TPSA) is 101 Å². The molecule has 0 aromatic carbocycles. The molecule has 0 heterocycles. The molecule has 0 aliphatic heterocycles. The number of hydrogen-bond donors (Lipinski definition) is 3. The molecule has 3 unspecified atom stereocenters. The minimum atomic E-state index is -0.867. The fourth-order valence-corrected chi connectivity index (χ4v) is 8.47. The van der Waals surface area contributed by atoms with Gasteiger partial charge in [0.25, 0.3) is 5.91 Å². The van der Waals surface area contributed by atoms with Gasteiger partial charge < -0.3 is 5.73 Å². The van der Waals surface area contributed by atoms with Crippen molar-refractivity contribution in [3.63, 3.8) is 0 Å². The molecule has 4 N–H and O–H groups in total. The smallest absolute Gasteiger partial charge is 0.285 e. The largest absolute Gasteiger partial charge is 0.363 e. The summed E-state index contributed by atoms with van der Waals surface area (Å²) in [5.74, 6) is -0.891. The highest BCUT2D eigenvalue weighted by atomic mass is 16.2. The number of amides is 1. The van der Waals surface area contributed by atoms with Crippen molar-refractivity contribution in [1.82, 2.24) is 10.9 Å². The highest BCUT2D eigenvalue weighted by molar-refractivity contribution is 6.36. The van der Waals surface area contributed by atoms with Gasteiger partial charge in [-0.1, -0.05) is 98.3 Å². The normalized spacial score (nSPS) is 31.4. The molecule has 0 bridgehead atoms. The lowest BCUT2D eigenvalue weighted by molar-refractivity contribution is -0.138. The van der Waals surface area contributed by atoms with E-state index in [0.717, 1.165) is 56.9 Å². The molecule has 0 saturated heterocycles. The Morgan fingerprint density at radius 1 is 1.10 bits per heavy atom. The standard InChI is InChI=1S/C35H59N3O3/c1-9-14-18-24(29(39)32(36)41)21-23(6)27-25(22-26-28(27)34(26,8)12-4)30(40)31(33(7,10-2)11-3)37-38-35(13-5)19-16-15-17-20-35/h10,24-28,31,37-38H,2,6,9,11-22H2,1,3-5,7-8H3,(H2,36,41)/t24-,25?,26+,27+,28+,31-,33?,34?/m1/s1. The minimum absolute atomic E-state index is 0.00675. The van der Waals surface area contributed by atoms with Crippen molar-refractivity contribution >= 4 is 17.5 Å². The average molecular weight is 570 g/mol. The summed E-state index contributed by atoms with van der Waals surface area (Å²) >= 11 is 0. The number of hydrazine groups is 1. The summed E-state index contributed by atoms with van der Waals surface area (Å²) in [6.45, 7) is 21.9. The van der Waals surface area contributed by atoms with Crippen LogP contribution in [0.4, 0.5) is 0 Å². The van der Waals surface area contributed by atoms with Gasteiger partial charge in [-0.15, -0.1) is 6.58 Å². The number of Topliss-reactive ketones (excluding diaryl/α,β-unsaturated/α-hetero) is 2. The van der Waals surface area contributed by atoms with Crippen molar-refractivity contribution in [3.8, 4) is 0 Å². The number of hydrogen-bond acceptors (Lipinski definition) is 5. The minimum Gasteiger partial charge on any atom is -0.363 e. The second-order valence-electron chi connectivity index (χ2n) is 14.2. The first-order valence-electron chi connectivity index (χ1n) is 16.6. The van der Waals surface area contributed by atoms with E-state index in [1.165, 1.54) is 19.3 Å². The molecular formula is C35H59N3O3.